The summed E-state index contributed by atoms with van der Waals surface area (Å²) < 4.78 is 5.69. The molecule has 2 rings (SSSR count). The van der Waals surface area contributed by atoms with Crippen LogP contribution < -0.4 is 5.32 Å². The minimum Gasteiger partial charge on any atom is -0.394 e. The van der Waals surface area contributed by atoms with Crippen molar-refractivity contribution in [2.24, 2.45) is 0 Å². The highest BCUT2D eigenvalue weighted by Gasteiger charge is 2.26. The van der Waals surface area contributed by atoms with E-state index in [1.165, 1.54) is 0 Å². The summed E-state index contributed by atoms with van der Waals surface area (Å²) in [7, 11) is 0. The van der Waals surface area contributed by atoms with Crippen molar-refractivity contribution in [1.29, 1.82) is 0 Å². The van der Waals surface area contributed by atoms with Gasteiger partial charge in [0, 0.05) is 6.54 Å². The van der Waals surface area contributed by atoms with Crippen LogP contribution in [0.1, 0.15) is 11.1 Å². The largest absolute Gasteiger partial charge is 0.394 e. The van der Waals surface area contributed by atoms with E-state index in [0.29, 0.717) is 13.2 Å². The molecule has 0 aliphatic heterocycles. The van der Waals surface area contributed by atoms with E-state index in [9.17, 15) is 10.2 Å². The topological polar surface area (TPSA) is 61.7 Å². The number of benzene rings is 2. The molecular formula is C20H25NO3. The maximum atomic E-state index is 10.5. The lowest BCUT2D eigenvalue weighted by molar-refractivity contribution is -0.0775. The fourth-order valence-corrected chi connectivity index (χ4v) is 2.44. The van der Waals surface area contributed by atoms with Crippen LogP contribution >= 0.6 is 0 Å². The van der Waals surface area contributed by atoms with E-state index < -0.39 is 12.2 Å². The summed E-state index contributed by atoms with van der Waals surface area (Å²) in [4.78, 5) is 0. The van der Waals surface area contributed by atoms with Gasteiger partial charge >= 0.3 is 0 Å². The predicted molar refractivity (Wildman–Crippen MR) is 95.4 cm³/mol. The molecule has 3 atom stereocenters. The van der Waals surface area contributed by atoms with E-state index in [1.807, 2.05) is 60.7 Å². The van der Waals surface area contributed by atoms with Crippen molar-refractivity contribution >= 4 is 0 Å². The fraction of sp³-hybridized carbons (Fsp3) is 0.300. The molecule has 0 aliphatic carbocycles. The molecule has 0 radical (unpaired) electrons. The molecule has 24 heavy (non-hydrogen) atoms. The zero-order valence-corrected chi connectivity index (χ0v) is 13.7. The van der Waals surface area contributed by atoms with Crippen molar-refractivity contribution < 1.29 is 14.9 Å². The zero-order valence-electron chi connectivity index (χ0n) is 13.7. The Bertz CT molecular complexity index is 588. The Hall–Kier alpha value is -1.98. The molecule has 0 unspecified atom stereocenters. The Kier molecular flexibility index (Phi) is 7.65. The van der Waals surface area contributed by atoms with Gasteiger partial charge in [-0.05, 0) is 11.1 Å². The summed E-state index contributed by atoms with van der Waals surface area (Å²) >= 11 is 0. The molecule has 4 nitrogen and oxygen atoms in total. The van der Waals surface area contributed by atoms with Gasteiger partial charge in [-0.2, -0.15) is 0 Å². The highest BCUT2D eigenvalue weighted by molar-refractivity contribution is 5.15. The Balaban J connectivity index is 1.89. The van der Waals surface area contributed by atoms with Crippen molar-refractivity contribution in [3.63, 3.8) is 0 Å². The first-order chi connectivity index (χ1) is 11.7. The molecule has 2 aromatic carbocycles. The van der Waals surface area contributed by atoms with Gasteiger partial charge < -0.3 is 20.3 Å². The molecule has 0 saturated heterocycles. The van der Waals surface area contributed by atoms with Crippen LogP contribution in [0.5, 0.6) is 0 Å². The predicted octanol–water partition coefficient (Wildman–Crippen LogP) is 2.27. The highest BCUT2D eigenvalue weighted by atomic mass is 16.5. The Morgan fingerprint density at radius 1 is 1.00 bits per heavy atom. The lowest BCUT2D eigenvalue weighted by Gasteiger charge is -2.28. The van der Waals surface area contributed by atoms with Crippen LogP contribution in [-0.4, -0.2) is 35.1 Å². The summed E-state index contributed by atoms with van der Waals surface area (Å²) in [5, 5.41) is 23.3. The highest BCUT2D eigenvalue weighted by Crippen LogP contribution is 2.10. The smallest absolute Gasteiger partial charge is 0.109 e. The summed E-state index contributed by atoms with van der Waals surface area (Å²) in [5.41, 5.74) is 2.11. The van der Waals surface area contributed by atoms with Crippen LogP contribution in [0.4, 0.5) is 0 Å². The first-order valence-electron chi connectivity index (χ1n) is 8.09. The molecular weight excluding hydrogens is 302 g/mol. The number of hydrogen-bond acceptors (Lipinski definition) is 4. The third kappa shape index (κ3) is 5.58. The van der Waals surface area contributed by atoms with Gasteiger partial charge in [0.2, 0.25) is 0 Å². The standard InChI is InChI=1S/C20H25NO3/c1-2-18(21-13-16-9-5-3-6-10-16)20(23)19(14-22)24-15-17-11-7-4-8-12-17/h2-12,18-23H,1,13-15H2/t18-,19+,20+/m1/s1. The third-order valence-corrected chi connectivity index (χ3v) is 3.87. The molecule has 128 valence electrons. The number of aliphatic hydroxyl groups is 2. The van der Waals surface area contributed by atoms with Gasteiger partial charge in [-0.3, -0.25) is 0 Å². The molecule has 3 N–H and O–H groups in total. The first-order valence-corrected chi connectivity index (χ1v) is 8.09. The van der Waals surface area contributed by atoms with Crippen molar-refractivity contribution in [1.82, 2.24) is 5.32 Å². The van der Waals surface area contributed by atoms with Crippen LogP contribution in [0.15, 0.2) is 73.3 Å². The molecule has 0 aromatic heterocycles. The minimum absolute atomic E-state index is 0.259. The molecule has 0 spiro atoms. The summed E-state index contributed by atoms with van der Waals surface area (Å²) in [5.74, 6) is 0. The van der Waals surface area contributed by atoms with Crippen molar-refractivity contribution in [2.45, 2.75) is 31.4 Å². The number of hydrogen-bond donors (Lipinski definition) is 3. The zero-order chi connectivity index (χ0) is 17.2. The molecule has 0 aliphatic rings. The molecule has 4 heteroatoms. The summed E-state index contributed by atoms with van der Waals surface area (Å²) in [6.07, 6.45) is 0.0682. The van der Waals surface area contributed by atoms with Gasteiger partial charge in [-0.25, -0.2) is 0 Å². The van der Waals surface area contributed by atoms with Gasteiger partial charge in [0.05, 0.1) is 19.3 Å². The lowest BCUT2D eigenvalue weighted by atomic mass is 10.0. The molecule has 0 bridgehead atoms. The van der Waals surface area contributed by atoms with E-state index in [1.54, 1.807) is 6.08 Å². The summed E-state index contributed by atoms with van der Waals surface area (Å²) in [6, 6.07) is 19.2. The molecule has 2 aromatic rings. The number of aliphatic hydroxyl groups excluding tert-OH is 2. The fourth-order valence-electron chi connectivity index (χ4n) is 2.44. The second-order valence-corrected chi connectivity index (χ2v) is 5.64. The average Bonchev–Trinajstić information content (AvgIpc) is 2.64. The molecule has 0 heterocycles. The van der Waals surface area contributed by atoms with Gasteiger partial charge in [0.25, 0.3) is 0 Å². The molecule has 0 saturated carbocycles. The second kappa shape index (κ2) is 10.0. The lowest BCUT2D eigenvalue weighted by Crippen LogP contribution is -2.47. The van der Waals surface area contributed by atoms with Gasteiger partial charge in [0.15, 0.2) is 0 Å². The van der Waals surface area contributed by atoms with Crippen molar-refractivity contribution in [3.8, 4) is 0 Å². The molecule has 0 fully saturated rings. The van der Waals surface area contributed by atoms with Gasteiger partial charge in [-0.15, -0.1) is 6.58 Å². The van der Waals surface area contributed by atoms with E-state index in [4.69, 9.17) is 4.74 Å². The quantitative estimate of drug-likeness (QED) is 0.586. The van der Waals surface area contributed by atoms with Crippen LogP contribution in [-0.2, 0) is 17.9 Å². The van der Waals surface area contributed by atoms with Crippen molar-refractivity contribution in [3.05, 3.63) is 84.4 Å². The maximum Gasteiger partial charge on any atom is 0.109 e. The normalized spacial score (nSPS) is 14.8. The SMILES string of the molecule is C=C[C@@H](NCc1ccccc1)[C@H](O)[C@H](CO)OCc1ccccc1. The van der Waals surface area contributed by atoms with Crippen LogP contribution in [0.2, 0.25) is 0 Å². The Labute approximate surface area is 143 Å². The van der Waals surface area contributed by atoms with Gasteiger partial charge in [0.1, 0.15) is 12.2 Å². The second-order valence-electron chi connectivity index (χ2n) is 5.64. The number of rotatable bonds is 10. The van der Waals surface area contributed by atoms with Crippen LogP contribution in [0, 0.1) is 0 Å². The number of ether oxygens (including phenoxy) is 1. The van der Waals surface area contributed by atoms with E-state index in [-0.39, 0.29) is 12.6 Å². The third-order valence-electron chi connectivity index (χ3n) is 3.87. The molecule has 0 amide bonds. The maximum absolute atomic E-state index is 10.5. The van der Waals surface area contributed by atoms with Crippen LogP contribution in [0.25, 0.3) is 0 Å². The Morgan fingerprint density at radius 2 is 1.58 bits per heavy atom. The minimum atomic E-state index is -0.889. The van der Waals surface area contributed by atoms with E-state index in [2.05, 4.69) is 11.9 Å². The summed E-state index contributed by atoms with van der Waals surface area (Å²) in [6.45, 7) is 4.45. The Morgan fingerprint density at radius 3 is 2.12 bits per heavy atom. The van der Waals surface area contributed by atoms with E-state index >= 15 is 0 Å². The van der Waals surface area contributed by atoms with Gasteiger partial charge in [-0.1, -0.05) is 66.7 Å². The first kappa shape index (κ1) is 18.4. The van der Waals surface area contributed by atoms with E-state index in [0.717, 1.165) is 11.1 Å². The average molecular weight is 327 g/mol. The monoisotopic (exact) mass is 327 g/mol. The van der Waals surface area contributed by atoms with Crippen LogP contribution in [0.3, 0.4) is 0 Å². The number of nitrogens with one attached hydrogen (secondary N) is 1. The van der Waals surface area contributed by atoms with Crippen molar-refractivity contribution in [2.75, 3.05) is 6.61 Å².